The van der Waals surface area contributed by atoms with Crippen LogP contribution in [-0.2, 0) is 16.3 Å². The predicted molar refractivity (Wildman–Crippen MR) is 200 cm³/mol. The smallest absolute Gasteiger partial charge is 0.307 e. The Morgan fingerprint density at radius 3 is 2.54 bits per heavy atom. The molecule has 4 aromatic rings. The molecular formula is C40H55N3O4S. The van der Waals surface area contributed by atoms with E-state index in [2.05, 4.69) is 60.2 Å². The molecule has 0 saturated carbocycles. The van der Waals surface area contributed by atoms with E-state index in [1.807, 2.05) is 35.6 Å². The van der Waals surface area contributed by atoms with E-state index in [1.54, 1.807) is 0 Å². The van der Waals surface area contributed by atoms with Crippen molar-refractivity contribution in [3.8, 4) is 5.75 Å². The average molecular weight is 674 g/mol. The van der Waals surface area contributed by atoms with Crippen LogP contribution < -0.4 is 15.2 Å². The summed E-state index contributed by atoms with van der Waals surface area (Å²) in [6.07, 6.45) is 11.1. The van der Waals surface area contributed by atoms with Crippen LogP contribution in [0.1, 0.15) is 85.0 Å². The highest BCUT2D eigenvalue weighted by Crippen LogP contribution is 2.31. The minimum Gasteiger partial charge on any atom is -0.494 e. The molecule has 48 heavy (non-hydrogen) atoms. The zero-order valence-electron chi connectivity index (χ0n) is 29.3. The average Bonchev–Trinajstić information content (AvgIpc) is 3.57. The molecule has 3 heterocycles. The minimum atomic E-state index is -0.254. The van der Waals surface area contributed by atoms with Gasteiger partial charge in [0.2, 0.25) is 0 Å². The highest BCUT2D eigenvalue weighted by Gasteiger charge is 2.19. The summed E-state index contributed by atoms with van der Waals surface area (Å²) in [5, 5.41) is 4.46. The second-order valence-corrected chi connectivity index (χ2v) is 14.8. The molecule has 0 radical (unpaired) electrons. The molecule has 1 saturated heterocycles. The molecule has 1 aliphatic rings. The molecule has 0 amide bonds. The second kappa shape index (κ2) is 18.4. The summed E-state index contributed by atoms with van der Waals surface area (Å²) < 4.78 is 14.6. The normalized spacial score (nSPS) is 15.2. The number of anilines is 1. The third-order valence-electron chi connectivity index (χ3n) is 9.76. The highest BCUT2D eigenvalue weighted by atomic mass is 32.1. The Morgan fingerprint density at radius 1 is 0.896 bits per heavy atom. The Kier molecular flexibility index (Phi) is 13.8. The van der Waals surface area contributed by atoms with Crippen molar-refractivity contribution >= 4 is 44.0 Å². The summed E-state index contributed by atoms with van der Waals surface area (Å²) in [4.78, 5) is 30.6. The van der Waals surface area contributed by atoms with Crippen molar-refractivity contribution < 1.29 is 14.3 Å². The first-order valence-electron chi connectivity index (χ1n) is 18.3. The summed E-state index contributed by atoms with van der Waals surface area (Å²) >= 11 is 1.81. The van der Waals surface area contributed by atoms with E-state index in [0.29, 0.717) is 24.5 Å². The molecule has 0 aliphatic carbocycles. The number of esters is 1. The molecule has 0 N–H and O–H groups in total. The van der Waals surface area contributed by atoms with Crippen LogP contribution in [0.4, 0.5) is 5.69 Å². The van der Waals surface area contributed by atoms with Gasteiger partial charge in [-0.15, -0.1) is 11.3 Å². The molecule has 2 unspecified atom stereocenters. The number of hydrogen-bond donors (Lipinski definition) is 0. The Balaban J connectivity index is 1.03. The summed E-state index contributed by atoms with van der Waals surface area (Å²) in [7, 11) is 0. The summed E-state index contributed by atoms with van der Waals surface area (Å²) in [5.74, 6) is 1.32. The van der Waals surface area contributed by atoms with Gasteiger partial charge in [0.1, 0.15) is 5.75 Å². The van der Waals surface area contributed by atoms with Crippen LogP contribution in [0.25, 0.3) is 21.0 Å². The van der Waals surface area contributed by atoms with Crippen LogP contribution in [-0.4, -0.2) is 54.8 Å². The van der Waals surface area contributed by atoms with E-state index in [9.17, 15) is 9.59 Å². The van der Waals surface area contributed by atoms with Crippen LogP contribution in [0.3, 0.4) is 0 Å². The van der Waals surface area contributed by atoms with E-state index in [0.717, 1.165) is 63.1 Å². The Bertz CT molecular complexity index is 1640. The topological polar surface area (TPSA) is 64.0 Å². The van der Waals surface area contributed by atoms with Crippen molar-refractivity contribution in [2.45, 2.75) is 91.7 Å². The van der Waals surface area contributed by atoms with Gasteiger partial charge in [0.15, 0.2) is 6.73 Å². The number of pyridine rings is 1. The van der Waals surface area contributed by atoms with Crippen LogP contribution in [0, 0.1) is 11.8 Å². The maximum Gasteiger partial charge on any atom is 0.307 e. The molecule has 8 heteroatoms. The Labute approximate surface area is 290 Å². The van der Waals surface area contributed by atoms with Crippen molar-refractivity contribution in [1.29, 1.82) is 0 Å². The van der Waals surface area contributed by atoms with Crippen LogP contribution in [0.2, 0.25) is 0 Å². The molecule has 5 rings (SSSR count). The predicted octanol–water partition coefficient (Wildman–Crippen LogP) is 9.11. The fourth-order valence-corrected chi connectivity index (χ4v) is 7.86. The lowest BCUT2D eigenvalue weighted by Crippen LogP contribution is -2.46. The number of hydrogen-bond acceptors (Lipinski definition) is 7. The monoisotopic (exact) mass is 673 g/mol. The number of fused-ring (bicyclic) bond motifs is 2. The maximum atomic E-state index is 12.8. The van der Waals surface area contributed by atoms with E-state index in [1.165, 1.54) is 64.9 Å². The number of ether oxygens (including phenoxy) is 2. The van der Waals surface area contributed by atoms with Gasteiger partial charge in [-0.3, -0.25) is 19.1 Å². The van der Waals surface area contributed by atoms with Crippen molar-refractivity contribution in [1.82, 2.24) is 9.47 Å². The summed E-state index contributed by atoms with van der Waals surface area (Å²) in [6, 6.07) is 18.0. The molecule has 0 spiro atoms. The molecular weight excluding hydrogens is 619 g/mol. The Morgan fingerprint density at radius 2 is 1.71 bits per heavy atom. The highest BCUT2D eigenvalue weighted by molar-refractivity contribution is 7.17. The minimum absolute atomic E-state index is 0.0894. The number of carbonyl (C=O) groups is 1. The van der Waals surface area contributed by atoms with E-state index in [-0.39, 0.29) is 24.2 Å². The number of unbranched alkanes of at least 4 members (excludes halogenated alkanes) is 5. The van der Waals surface area contributed by atoms with Crippen LogP contribution in [0.15, 0.2) is 64.8 Å². The van der Waals surface area contributed by atoms with Crippen LogP contribution >= 0.6 is 11.3 Å². The fourth-order valence-electron chi connectivity index (χ4n) is 7.05. The van der Waals surface area contributed by atoms with Crippen molar-refractivity contribution in [3.05, 3.63) is 70.3 Å². The molecule has 2 aromatic carbocycles. The third kappa shape index (κ3) is 10.3. The summed E-state index contributed by atoms with van der Waals surface area (Å²) in [6.45, 7) is 12.5. The van der Waals surface area contributed by atoms with Gasteiger partial charge in [0.25, 0.3) is 5.56 Å². The number of carbonyl (C=O) groups excluding carboxylic acids is 1. The number of rotatable bonds is 19. The molecule has 7 nitrogen and oxygen atoms in total. The van der Waals surface area contributed by atoms with Gasteiger partial charge in [0.05, 0.1) is 12.1 Å². The SMILES string of the molecule is CCCCCCCC(C)CC(C)CC(=O)OCn1c(=O)ccc2ccc(OCCCCN3CCN(c4cccc5sccc45)CC3)cc21. The number of aromatic nitrogens is 1. The molecule has 2 atom stereocenters. The lowest BCUT2D eigenvalue weighted by molar-refractivity contribution is -0.148. The second-order valence-electron chi connectivity index (χ2n) is 13.8. The quantitative estimate of drug-likeness (QED) is 0.0731. The van der Waals surface area contributed by atoms with E-state index in [4.69, 9.17) is 9.47 Å². The van der Waals surface area contributed by atoms with Gasteiger partial charge < -0.3 is 14.4 Å². The number of benzene rings is 2. The summed E-state index contributed by atoms with van der Waals surface area (Å²) in [5.41, 5.74) is 1.89. The molecule has 1 fully saturated rings. The van der Waals surface area contributed by atoms with Gasteiger partial charge >= 0.3 is 5.97 Å². The van der Waals surface area contributed by atoms with Gasteiger partial charge in [0, 0.05) is 60.5 Å². The number of piperazine rings is 1. The first kappa shape index (κ1) is 35.9. The van der Waals surface area contributed by atoms with Crippen LogP contribution in [0.5, 0.6) is 5.75 Å². The standard InChI is InChI=1S/C40H55N3O4S/c1-4-5-6-7-8-12-31(2)27-32(3)28-40(45)47-30-43-37-29-34(17-15-33(37)16-18-39(43)44)46-25-10-9-20-41-21-23-42(24-22-41)36-13-11-14-38-35(36)19-26-48-38/h11,13-19,26,29,31-32H,4-10,12,20-25,27-28,30H2,1-3H3. The first-order chi connectivity index (χ1) is 23.4. The largest absolute Gasteiger partial charge is 0.494 e. The van der Waals surface area contributed by atoms with Crippen molar-refractivity contribution in [3.63, 3.8) is 0 Å². The molecule has 1 aliphatic heterocycles. The van der Waals surface area contributed by atoms with Crippen molar-refractivity contribution in [2.75, 3.05) is 44.2 Å². The van der Waals surface area contributed by atoms with Gasteiger partial charge in [-0.05, 0) is 84.8 Å². The third-order valence-corrected chi connectivity index (χ3v) is 10.6. The van der Waals surface area contributed by atoms with E-state index >= 15 is 0 Å². The van der Waals surface area contributed by atoms with Gasteiger partial charge in [-0.25, -0.2) is 0 Å². The Hall–Kier alpha value is -3.36. The van der Waals surface area contributed by atoms with Crippen molar-refractivity contribution in [2.24, 2.45) is 11.8 Å². The number of nitrogens with zero attached hydrogens (tertiary/aromatic N) is 3. The zero-order valence-corrected chi connectivity index (χ0v) is 30.1. The van der Waals surface area contributed by atoms with E-state index < -0.39 is 0 Å². The molecule has 2 aromatic heterocycles. The fraction of sp³-hybridized carbons (Fsp3) is 0.550. The lowest BCUT2D eigenvalue weighted by Gasteiger charge is -2.36. The van der Waals surface area contributed by atoms with Gasteiger partial charge in [-0.2, -0.15) is 0 Å². The molecule has 260 valence electrons. The maximum absolute atomic E-state index is 12.8. The first-order valence-corrected chi connectivity index (χ1v) is 19.1. The zero-order chi connectivity index (χ0) is 33.7. The lowest BCUT2D eigenvalue weighted by atomic mass is 9.91. The molecule has 0 bridgehead atoms. The number of thiophene rings is 1. The van der Waals surface area contributed by atoms with Gasteiger partial charge in [-0.1, -0.05) is 65.4 Å².